The third-order valence-corrected chi connectivity index (χ3v) is 4.81. The molecule has 0 spiro atoms. The van der Waals surface area contributed by atoms with Gasteiger partial charge in [0.1, 0.15) is 0 Å². The highest BCUT2D eigenvalue weighted by Gasteiger charge is 2.16. The van der Waals surface area contributed by atoms with Gasteiger partial charge < -0.3 is 0 Å². The van der Waals surface area contributed by atoms with Crippen LogP contribution in [-0.2, 0) is 0 Å². The number of rotatable bonds is 11. The van der Waals surface area contributed by atoms with Gasteiger partial charge in [0.15, 0.2) is 0 Å². The molecule has 0 aromatic carbocycles. The summed E-state index contributed by atoms with van der Waals surface area (Å²) in [5.74, 6) is 1.75. The molecule has 0 heteroatoms. The first kappa shape index (κ1) is 18.5. The van der Waals surface area contributed by atoms with Gasteiger partial charge in [-0.05, 0) is 56.8 Å². The Labute approximate surface area is 134 Å². The van der Waals surface area contributed by atoms with Crippen LogP contribution in [0.15, 0.2) is 24.3 Å². The lowest BCUT2D eigenvalue weighted by Crippen LogP contribution is -2.11. The van der Waals surface area contributed by atoms with E-state index < -0.39 is 0 Å². The van der Waals surface area contributed by atoms with E-state index in [4.69, 9.17) is 0 Å². The van der Waals surface area contributed by atoms with Crippen LogP contribution in [0.2, 0.25) is 0 Å². The van der Waals surface area contributed by atoms with Crippen molar-refractivity contribution in [2.75, 3.05) is 0 Å². The normalized spacial score (nSPS) is 23.3. The van der Waals surface area contributed by atoms with Crippen molar-refractivity contribution in [1.29, 1.82) is 0 Å². The van der Waals surface area contributed by atoms with E-state index in [1.807, 2.05) is 0 Å². The minimum Gasteiger partial charge on any atom is -0.0883 e. The standard InChI is InChI=1S/C21H38/c1-3-5-7-8-9-10-11-13-15-21-18-16-20(17-19-21)14-12-6-4-2/h12-15,20-21H,3-11,16-19H2,1-2H3. The molecule has 0 nitrogen and oxygen atoms in total. The average Bonchev–Trinajstić information content (AvgIpc) is 2.52. The van der Waals surface area contributed by atoms with E-state index in [1.54, 1.807) is 0 Å². The minimum atomic E-state index is 0.875. The number of hydrogen-bond donors (Lipinski definition) is 0. The Morgan fingerprint density at radius 2 is 1.14 bits per heavy atom. The summed E-state index contributed by atoms with van der Waals surface area (Å²) in [5, 5.41) is 0. The minimum absolute atomic E-state index is 0.875. The number of unbranched alkanes of at least 4 members (excludes halogenated alkanes) is 7. The first-order chi connectivity index (χ1) is 10.4. The molecule has 1 aliphatic rings. The highest BCUT2D eigenvalue weighted by atomic mass is 14.2. The molecule has 1 aliphatic carbocycles. The third-order valence-electron chi connectivity index (χ3n) is 4.81. The third kappa shape index (κ3) is 9.93. The largest absolute Gasteiger partial charge is 0.0883 e. The Bertz CT molecular complexity index is 266. The van der Waals surface area contributed by atoms with Gasteiger partial charge in [-0.1, -0.05) is 76.7 Å². The maximum atomic E-state index is 2.53. The zero-order valence-electron chi connectivity index (χ0n) is 14.7. The van der Waals surface area contributed by atoms with Crippen molar-refractivity contribution in [2.45, 2.75) is 97.3 Å². The Morgan fingerprint density at radius 1 is 0.619 bits per heavy atom. The quantitative estimate of drug-likeness (QED) is 0.274. The van der Waals surface area contributed by atoms with E-state index >= 15 is 0 Å². The molecule has 0 heterocycles. The van der Waals surface area contributed by atoms with Gasteiger partial charge in [0, 0.05) is 0 Å². The second kappa shape index (κ2) is 13.2. The SMILES string of the molecule is CCCC=CC1CCC(C=CCCCCCCCC)CC1. The summed E-state index contributed by atoms with van der Waals surface area (Å²) in [6, 6.07) is 0. The fraction of sp³-hybridized carbons (Fsp3) is 0.810. The lowest BCUT2D eigenvalue weighted by molar-refractivity contribution is 0.355. The second-order valence-electron chi connectivity index (χ2n) is 6.88. The first-order valence-corrected chi connectivity index (χ1v) is 9.70. The zero-order valence-corrected chi connectivity index (χ0v) is 14.7. The summed E-state index contributed by atoms with van der Waals surface area (Å²) >= 11 is 0. The van der Waals surface area contributed by atoms with Crippen molar-refractivity contribution in [2.24, 2.45) is 11.8 Å². The molecule has 0 aromatic rings. The summed E-state index contributed by atoms with van der Waals surface area (Å²) in [6.45, 7) is 4.55. The van der Waals surface area contributed by atoms with Gasteiger partial charge in [-0.2, -0.15) is 0 Å². The number of allylic oxidation sites excluding steroid dienone is 4. The van der Waals surface area contributed by atoms with Gasteiger partial charge in [0.05, 0.1) is 0 Å². The summed E-state index contributed by atoms with van der Waals surface area (Å²) in [5.41, 5.74) is 0. The molecule has 0 saturated heterocycles. The molecule has 1 rings (SSSR count). The van der Waals surface area contributed by atoms with Crippen LogP contribution < -0.4 is 0 Å². The molecular formula is C21H38. The Hall–Kier alpha value is -0.520. The van der Waals surface area contributed by atoms with Crippen molar-refractivity contribution in [3.63, 3.8) is 0 Å². The molecule has 1 saturated carbocycles. The molecule has 0 radical (unpaired) electrons. The van der Waals surface area contributed by atoms with Crippen LogP contribution in [0.5, 0.6) is 0 Å². The van der Waals surface area contributed by atoms with Crippen LogP contribution in [0, 0.1) is 11.8 Å². The van der Waals surface area contributed by atoms with Gasteiger partial charge in [-0.3, -0.25) is 0 Å². The van der Waals surface area contributed by atoms with Crippen LogP contribution in [-0.4, -0.2) is 0 Å². The number of hydrogen-bond acceptors (Lipinski definition) is 0. The Morgan fingerprint density at radius 3 is 1.71 bits per heavy atom. The summed E-state index contributed by atoms with van der Waals surface area (Å²) < 4.78 is 0. The predicted octanol–water partition coefficient (Wildman–Crippen LogP) is 7.46. The van der Waals surface area contributed by atoms with E-state index in [0.717, 1.165) is 11.8 Å². The summed E-state index contributed by atoms with van der Waals surface area (Å²) in [7, 11) is 0. The van der Waals surface area contributed by atoms with E-state index in [2.05, 4.69) is 38.2 Å². The average molecular weight is 291 g/mol. The molecule has 0 unspecified atom stereocenters. The van der Waals surface area contributed by atoms with E-state index in [9.17, 15) is 0 Å². The summed E-state index contributed by atoms with van der Waals surface area (Å²) in [6.07, 6.45) is 27.9. The molecule has 0 atom stereocenters. The molecule has 0 aromatic heterocycles. The predicted molar refractivity (Wildman–Crippen MR) is 96.6 cm³/mol. The lowest BCUT2D eigenvalue weighted by Gasteiger charge is -2.24. The van der Waals surface area contributed by atoms with E-state index in [0.29, 0.717) is 0 Å². The molecular weight excluding hydrogens is 252 g/mol. The fourth-order valence-electron chi connectivity index (χ4n) is 3.32. The first-order valence-electron chi connectivity index (χ1n) is 9.70. The van der Waals surface area contributed by atoms with Crippen LogP contribution in [0.3, 0.4) is 0 Å². The molecule has 0 amide bonds. The monoisotopic (exact) mass is 290 g/mol. The molecule has 1 fully saturated rings. The van der Waals surface area contributed by atoms with Gasteiger partial charge >= 0.3 is 0 Å². The van der Waals surface area contributed by atoms with Crippen molar-refractivity contribution < 1.29 is 0 Å². The molecule has 21 heavy (non-hydrogen) atoms. The maximum absolute atomic E-state index is 2.53. The molecule has 0 bridgehead atoms. The van der Waals surface area contributed by atoms with Gasteiger partial charge in [-0.25, -0.2) is 0 Å². The maximum Gasteiger partial charge on any atom is -0.0233 e. The second-order valence-corrected chi connectivity index (χ2v) is 6.88. The highest BCUT2D eigenvalue weighted by molar-refractivity contribution is 4.96. The zero-order chi connectivity index (χ0) is 15.2. The van der Waals surface area contributed by atoms with Crippen LogP contribution >= 0.6 is 0 Å². The van der Waals surface area contributed by atoms with Crippen molar-refractivity contribution in [3.8, 4) is 0 Å². The van der Waals surface area contributed by atoms with Crippen LogP contribution in [0.1, 0.15) is 97.3 Å². The molecule has 122 valence electrons. The highest BCUT2D eigenvalue weighted by Crippen LogP contribution is 2.30. The van der Waals surface area contributed by atoms with Gasteiger partial charge in [0.25, 0.3) is 0 Å². The summed E-state index contributed by atoms with van der Waals surface area (Å²) in [4.78, 5) is 0. The van der Waals surface area contributed by atoms with Crippen molar-refractivity contribution >= 4 is 0 Å². The fourth-order valence-corrected chi connectivity index (χ4v) is 3.32. The van der Waals surface area contributed by atoms with Crippen molar-refractivity contribution in [3.05, 3.63) is 24.3 Å². The molecule has 0 N–H and O–H groups in total. The topological polar surface area (TPSA) is 0 Å². The Balaban J connectivity index is 2.00. The van der Waals surface area contributed by atoms with Crippen LogP contribution in [0.4, 0.5) is 0 Å². The van der Waals surface area contributed by atoms with E-state index in [-0.39, 0.29) is 0 Å². The van der Waals surface area contributed by atoms with Crippen molar-refractivity contribution in [1.82, 2.24) is 0 Å². The molecule has 0 aliphatic heterocycles. The van der Waals surface area contributed by atoms with Gasteiger partial charge in [-0.15, -0.1) is 0 Å². The van der Waals surface area contributed by atoms with Crippen LogP contribution in [0.25, 0.3) is 0 Å². The Kier molecular flexibility index (Phi) is 11.6. The van der Waals surface area contributed by atoms with E-state index in [1.165, 1.54) is 83.5 Å². The van der Waals surface area contributed by atoms with Gasteiger partial charge in [0.2, 0.25) is 0 Å². The smallest absolute Gasteiger partial charge is 0.0233 e. The lowest BCUT2D eigenvalue weighted by atomic mass is 9.81.